The van der Waals surface area contributed by atoms with Crippen molar-refractivity contribution in [2.24, 2.45) is 0 Å². The number of benzene rings is 7. The number of anilines is 5. The van der Waals surface area contributed by atoms with E-state index in [1.54, 1.807) is 0 Å². The molecule has 67 heavy (non-hydrogen) atoms. The van der Waals surface area contributed by atoms with Gasteiger partial charge in [-0.1, -0.05) is 173 Å². The molecule has 0 fully saturated rings. The second-order valence-electron chi connectivity index (χ2n) is 24.5. The van der Waals surface area contributed by atoms with Crippen molar-refractivity contribution >= 4 is 46.2 Å². The fourth-order valence-electron chi connectivity index (χ4n) is 12.5. The summed E-state index contributed by atoms with van der Waals surface area (Å²) in [6.07, 6.45) is 4.73. The van der Waals surface area contributed by atoms with Crippen LogP contribution in [0.15, 0.2) is 133 Å². The van der Waals surface area contributed by atoms with Crippen LogP contribution in [0.1, 0.15) is 141 Å². The van der Waals surface area contributed by atoms with Crippen LogP contribution in [0.5, 0.6) is 0 Å². The first-order chi connectivity index (χ1) is 31.6. The highest BCUT2D eigenvalue weighted by molar-refractivity contribution is 6.93. The molecule has 0 atom stereocenters. The van der Waals surface area contributed by atoms with E-state index in [0.717, 1.165) is 0 Å². The van der Waals surface area contributed by atoms with Crippen molar-refractivity contribution < 1.29 is 0 Å². The molecule has 2 aliphatic carbocycles. The number of hydrogen-bond donors (Lipinski definition) is 0. The molecule has 3 heteroatoms. The van der Waals surface area contributed by atoms with E-state index in [9.17, 15) is 0 Å². The van der Waals surface area contributed by atoms with E-state index >= 15 is 0 Å². The van der Waals surface area contributed by atoms with E-state index in [1.807, 2.05) is 0 Å². The van der Waals surface area contributed by atoms with Crippen molar-refractivity contribution in [2.75, 3.05) is 9.71 Å². The SMILES string of the molecule is Cc1cc2c(cc1N1B3c4ccc(-c5ccccc5)cc4N(c4cc5c(cc4C)C(C)(C)CCC5(C)C)c4cc(C(C)(C)C)cc(c43)-c3cc(-c4ccccc4)ccc31)C(C)(C)CCC2(C)C. The molecule has 11 rings (SSSR count). The van der Waals surface area contributed by atoms with Gasteiger partial charge in [-0.3, -0.25) is 0 Å². The van der Waals surface area contributed by atoms with Gasteiger partial charge in [0.05, 0.1) is 0 Å². The smallest absolute Gasteiger partial charge is 0.333 e. The molecule has 4 aliphatic rings. The first-order valence-corrected chi connectivity index (χ1v) is 25.1. The van der Waals surface area contributed by atoms with Crippen molar-refractivity contribution in [3.63, 3.8) is 0 Å². The van der Waals surface area contributed by atoms with Crippen molar-refractivity contribution in [3.8, 4) is 33.4 Å². The highest BCUT2D eigenvalue weighted by Gasteiger charge is 2.48. The standard InChI is InChI=1S/C64H69BN2/c1-40-32-49-51(63(10,11)30-28-61(49,6)7)38-55(40)66-57-35-45(43-22-18-15-19-23-43)24-26-53(57)65-59-48(36-46(37-58(59)66)60(3,4)5)47-34-44(42-20-16-14-17-21-42)25-27-54(47)67(65)56-39-52-50(33-41(56)2)62(8,9)29-31-64(52,12)13/h14-27,32-39H,28-31H2,1-13H3. The van der Waals surface area contributed by atoms with Gasteiger partial charge in [0.15, 0.2) is 0 Å². The Labute approximate surface area is 402 Å². The Balaban J connectivity index is 1.28. The van der Waals surface area contributed by atoms with Gasteiger partial charge in [-0.2, -0.15) is 0 Å². The molecule has 338 valence electrons. The van der Waals surface area contributed by atoms with Gasteiger partial charge in [0, 0.05) is 34.0 Å². The van der Waals surface area contributed by atoms with Crippen molar-refractivity contribution in [2.45, 2.75) is 143 Å². The second-order valence-corrected chi connectivity index (χ2v) is 24.5. The van der Waals surface area contributed by atoms with Crippen LogP contribution >= 0.6 is 0 Å². The van der Waals surface area contributed by atoms with Crippen LogP contribution in [0, 0.1) is 13.8 Å². The van der Waals surface area contributed by atoms with Gasteiger partial charge in [-0.25, -0.2) is 0 Å². The molecule has 7 aromatic rings. The molecule has 0 bridgehead atoms. The molecule has 7 aromatic carbocycles. The lowest BCUT2D eigenvalue weighted by atomic mass is 9.43. The Morgan fingerprint density at radius 3 is 1.43 bits per heavy atom. The third-order valence-corrected chi connectivity index (χ3v) is 17.0. The van der Waals surface area contributed by atoms with Crippen LogP contribution in [-0.2, 0) is 27.1 Å². The Kier molecular flexibility index (Phi) is 9.70. The van der Waals surface area contributed by atoms with E-state index in [-0.39, 0.29) is 33.9 Å². The molecule has 0 aromatic heterocycles. The number of rotatable bonds is 4. The van der Waals surface area contributed by atoms with Gasteiger partial charge in [0.25, 0.3) is 0 Å². The zero-order valence-electron chi connectivity index (χ0n) is 42.5. The van der Waals surface area contributed by atoms with E-state index in [2.05, 4.69) is 233 Å². The van der Waals surface area contributed by atoms with Crippen LogP contribution in [0.25, 0.3) is 33.4 Å². The molecule has 0 amide bonds. The van der Waals surface area contributed by atoms with Gasteiger partial charge >= 0.3 is 6.85 Å². The zero-order valence-corrected chi connectivity index (χ0v) is 42.5. The first kappa shape index (κ1) is 43.8. The molecule has 0 radical (unpaired) electrons. The number of hydrogen-bond acceptors (Lipinski definition) is 2. The summed E-state index contributed by atoms with van der Waals surface area (Å²) in [5.41, 5.74) is 27.0. The molecule has 0 saturated carbocycles. The van der Waals surface area contributed by atoms with E-state index in [1.165, 1.54) is 137 Å². The number of fused-ring (bicyclic) bond motifs is 6. The van der Waals surface area contributed by atoms with Gasteiger partial charge in [-0.15, -0.1) is 0 Å². The fraction of sp³-hybridized carbons (Fsp3) is 0.344. The summed E-state index contributed by atoms with van der Waals surface area (Å²) in [4.78, 5) is 5.47. The predicted molar refractivity (Wildman–Crippen MR) is 290 cm³/mol. The minimum absolute atomic E-state index is 0.0585. The monoisotopic (exact) mass is 877 g/mol. The summed E-state index contributed by atoms with van der Waals surface area (Å²) >= 11 is 0. The Bertz CT molecular complexity index is 3140. The van der Waals surface area contributed by atoms with Gasteiger partial charge in [-0.05, 0) is 181 Å². The number of aryl methyl sites for hydroxylation is 2. The highest BCUT2D eigenvalue weighted by Crippen LogP contribution is 2.55. The summed E-state index contributed by atoms with van der Waals surface area (Å²) in [5.74, 6) is 0. The average molecular weight is 877 g/mol. The van der Waals surface area contributed by atoms with Gasteiger partial charge in [0.1, 0.15) is 0 Å². The van der Waals surface area contributed by atoms with Crippen LogP contribution in [0.2, 0.25) is 0 Å². The second kappa shape index (κ2) is 14.9. The van der Waals surface area contributed by atoms with Crippen molar-refractivity contribution in [1.82, 2.24) is 0 Å². The first-order valence-electron chi connectivity index (χ1n) is 25.1. The normalized spacial score (nSPS) is 18.1. The summed E-state index contributed by atoms with van der Waals surface area (Å²) in [7, 11) is 0. The molecule has 0 unspecified atom stereocenters. The van der Waals surface area contributed by atoms with Gasteiger partial charge < -0.3 is 9.71 Å². The molecule has 2 aliphatic heterocycles. The van der Waals surface area contributed by atoms with Gasteiger partial charge in [0.2, 0.25) is 0 Å². The molecule has 0 N–H and O–H groups in total. The maximum absolute atomic E-state index is 2.77. The Morgan fingerprint density at radius 1 is 0.418 bits per heavy atom. The van der Waals surface area contributed by atoms with Crippen molar-refractivity contribution in [3.05, 3.63) is 172 Å². The summed E-state index contributed by atoms with van der Waals surface area (Å²) in [6, 6.07) is 52.2. The quantitative estimate of drug-likeness (QED) is 0.163. The van der Waals surface area contributed by atoms with Crippen LogP contribution < -0.4 is 20.6 Å². The van der Waals surface area contributed by atoms with Crippen LogP contribution in [0.4, 0.5) is 28.4 Å². The van der Waals surface area contributed by atoms with Crippen molar-refractivity contribution in [1.29, 1.82) is 0 Å². The lowest BCUT2D eigenvalue weighted by molar-refractivity contribution is 0.332. The third kappa shape index (κ3) is 6.88. The van der Waals surface area contributed by atoms with Crippen LogP contribution in [0.3, 0.4) is 0 Å². The maximum atomic E-state index is 2.77. The van der Waals surface area contributed by atoms with E-state index < -0.39 is 0 Å². The molecular formula is C64H69BN2. The average Bonchev–Trinajstić information content (AvgIpc) is 3.29. The molecule has 2 nitrogen and oxygen atoms in total. The maximum Gasteiger partial charge on any atom is 0.333 e. The third-order valence-electron chi connectivity index (χ3n) is 17.0. The summed E-state index contributed by atoms with van der Waals surface area (Å²) in [5, 5.41) is 0. The Morgan fingerprint density at radius 2 is 0.896 bits per heavy atom. The lowest BCUT2D eigenvalue weighted by Crippen LogP contribution is -2.62. The zero-order chi connectivity index (χ0) is 47.2. The lowest BCUT2D eigenvalue weighted by Gasteiger charge is -2.48. The molecule has 0 spiro atoms. The molecule has 0 saturated heterocycles. The summed E-state index contributed by atoms with van der Waals surface area (Å²) in [6.45, 7) is 31.5. The fourth-order valence-corrected chi connectivity index (χ4v) is 12.5. The largest absolute Gasteiger partial charge is 0.376 e. The molecule has 2 heterocycles. The van der Waals surface area contributed by atoms with E-state index in [0.29, 0.717) is 0 Å². The minimum Gasteiger partial charge on any atom is -0.376 e. The molecular weight excluding hydrogens is 808 g/mol. The van der Waals surface area contributed by atoms with Crippen LogP contribution in [-0.4, -0.2) is 6.85 Å². The minimum atomic E-state index is -0.0996. The van der Waals surface area contributed by atoms with E-state index in [4.69, 9.17) is 0 Å². The topological polar surface area (TPSA) is 6.48 Å². The predicted octanol–water partition coefficient (Wildman–Crippen LogP) is 16.3. The highest BCUT2D eigenvalue weighted by atomic mass is 15.2. The summed E-state index contributed by atoms with van der Waals surface area (Å²) < 4.78 is 0. The number of nitrogens with zero attached hydrogens (tertiary/aromatic N) is 2. The Hall–Kier alpha value is -5.80.